The molecule has 0 spiro atoms. The molecule has 0 fully saturated rings. The van der Waals surface area contributed by atoms with E-state index >= 15 is 0 Å². The van der Waals surface area contributed by atoms with Crippen LogP contribution in [0.1, 0.15) is 5.56 Å². The van der Waals surface area contributed by atoms with Crippen molar-refractivity contribution in [2.45, 2.75) is 6.54 Å². The van der Waals surface area contributed by atoms with Gasteiger partial charge in [-0.25, -0.2) is 8.78 Å². The summed E-state index contributed by atoms with van der Waals surface area (Å²) in [5.41, 5.74) is 2.11. The summed E-state index contributed by atoms with van der Waals surface area (Å²) in [4.78, 5) is 0. The van der Waals surface area contributed by atoms with Crippen LogP contribution in [0.4, 0.5) is 8.78 Å². The van der Waals surface area contributed by atoms with Crippen molar-refractivity contribution >= 4 is 11.6 Å². The third-order valence-electron chi connectivity index (χ3n) is 2.61. The van der Waals surface area contributed by atoms with Gasteiger partial charge in [-0.15, -0.1) is 0 Å². The fourth-order valence-electron chi connectivity index (χ4n) is 1.87. The van der Waals surface area contributed by atoms with Crippen LogP contribution in [0.15, 0.2) is 36.4 Å². The minimum atomic E-state index is -0.433. The first-order chi connectivity index (χ1) is 8.60. The van der Waals surface area contributed by atoms with E-state index in [9.17, 15) is 8.78 Å². The van der Waals surface area contributed by atoms with Gasteiger partial charge >= 0.3 is 0 Å². The summed E-state index contributed by atoms with van der Waals surface area (Å²) < 4.78 is 26.7. The molecule has 0 aliphatic carbocycles. The van der Waals surface area contributed by atoms with Gasteiger partial charge in [-0.3, -0.25) is 0 Å². The second-order valence-corrected chi connectivity index (χ2v) is 4.43. The molecule has 0 heterocycles. The van der Waals surface area contributed by atoms with Crippen molar-refractivity contribution in [1.82, 2.24) is 5.32 Å². The Kier molecular flexibility index (Phi) is 3.94. The minimum Gasteiger partial charge on any atom is -0.316 e. The maximum atomic E-state index is 13.3. The number of hydrogen-bond acceptors (Lipinski definition) is 1. The average Bonchev–Trinajstić information content (AvgIpc) is 2.30. The standard InChI is InChI=1S/C14H12ClF2N/c1-18-8-9-2-3-12(16)7-14(9)10-4-11(15)6-13(17)5-10/h2-7,18H,8H2,1H3. The molecule has 1 N–H and O–H groups in total. The summed E-state index contributed by atoms with van der Waals surface area (Å²) in [5, 5.41) is 3.29. The normalized spacial score (nSPS) is 10.7. The highest BCUT2D eigenvalue weighted by atomic mass is 35.5. The van der Waals surface area contributed by atoms with E-state index in [1.54, 1.807) is 19.2 Å². The number of benzene rings is 2. The highest BCUT2D eigenvalue weighted by Gasteiger charge is 2.08. The van der Waals surface area contributed by atoms with Crippen molar-refractivity contribution < 1.29 is 8.78 Å². The van der Waals surface area contributed by atoms with Crippen LogP contribution in [0.25, 0.3) is 11.1 Å². The molecule has 2 rings (SSSR count). The van der Waals surface area contributed by atoms with Crippen molar-refractivity contribution in [3.63, 3.8) is 0 Å². The van der Waals surface area contributed by atoms with Crippen LogP contribution in [-0.4, -0.2) is 7.05 Å². The van der Waals surface area contributed by atoms with Gasteiger partial charge in [0.2, 0.25) is 0 Å². The lowest BCUT2D eigenvalue weighted by Crippen LogP contribution is -2.06. The van der Waals surface area contributed by atoms with E-state index in [-0.39, 0.29) is 5.82 Å². The average molecular weight is 268 g/mol. The number of hydrogen-bond donors (Lipinski definition) is 1. The molecule has 1 nitrogen and oxygen atoms in total. The molecular formula is C14H12ClF2N. The first-order valence-electron chi connectivity index (χ1n) is 5.49. The minimum absolute atomic E-state index is 0.296. The van der Waals surface area contributed by atoms with Crippen molar-refractivity contribution in [3.05, 3.63) is 58.6 Å². The smallest absolute Gasteiger partial charge is 0.125 e. The third-order valence-corrected chi connectivity index (χ3v) is 2.83. The van der Waals surface area contributed by atoms with E-state index in [0.717, 1.165) is 5.56 Å². The van der Waals surface area contributed by atoms with Gasteiger partial charge in [-0.1, -0.05) is 17.7 Å². The van der Waals surface area contributed by atoms with Gasteiger partial charge < -0.3 is 5.32 Å². The molecule has 0 unspecified atom stereocenters. The Labute approximate surface area is 109 Å². The molecule has 4 heteroatoms. The summed E-state index contributed by atoms with van der Waals surface area (Å²) in [6, 6.07) is 8.65. The van der Waals surface area contributed by atoms with E-state index in [1.165, 1.54) is 24.3 Å². The van der Waals surface area contributed by atoms with Crippen molar-refractivity contribution in [2.24, 2.45) is 0 Å². The fourth-order valence-corrected chi connectivity index (χ4v) is 2.09. The van der Waals surface area contributed by atoms with Crippen LogP contribution >= 0.6 is 11.6 Å². The van der Waals surface area contributed by atoms with E-state index in [4.69, 9.17) is 11.6 Å². The van der Waals surface area contributed by atoms with E-state index < -0.39 is 5.82 Å². The predicted octanol–water partition coefficient (Wildman–Crippen LogP) is 4.00. The predicted molar refractivity (Wildman–Crippen MR) is 69.6 cm³/mol. The maximum Gasteiger partial charge on any atom is 0.125 e. The lowest BCUT2D eigenvalue weighted by atomic mass is 9.99. The Morgan fingerprint density at radius 2 is 1.83 bits per heavy atom. The molecule has 0 radical (unpaired) electrons. The number of nitrogens with one attached hydrogen (secondary N) is 1. The first-order valence-corrected chi connectivity index (χ1v) is 5.87. The fraction of sp³-hybridized carbons (Fsp3) is 0.143. The molecule has 0 saturated heterocycles. The zero-order valence-corrected chi connectivity index (χ0v) is 10.6. The van der Waals surface area contributed by atoms with Crippen LogP contribution in [0.2, 0.25) is 5.02 Å². The Morgan fingerprint density at radius 1 is 1.06 bits per heavy atom. The highest BCUT2D eigenvalue weighted by Crippen LogP contribution is 2.28. The molecule has 94 valence electrons. The Hall–Kier alpha value is -1.45. The highest BCUT2D eigenvalue weighted by molar-refractivity contribution is 6.30. The molecule has 18 heavy (non-hydrogen) atoms. The topological polar surface area (TPSA) is 12.0 Å². The monoisotopic (exact) mass is 267 g/mol. The van der Waals surface area contributed by atoms with Gasteiger partial charge in [0.05, 0.1) is 0 Å². The van der Waals surface area contributed by atoms with E-state index in [1.807, 2.05) is 0 Å². The largest absolute Gasteiger partial charge is 0.316 e. The number of halogens is 3. The van der Waals surface area contributed by atoms with Gasteiger partial charge in [0.25, 0.3) is 0 Å². The quantitative estimate of drug-likeness (QED) is 0.886. The molecule has 0 saturated carbocycles. The molecule has 0 aliphatic rings. The number of rotatable bonds is 3. The lowest BCUT2D eigenvalue weighted by molar-refractivity contribution is 0.625. The maximum absolute atomic E-state index is 13.3. The summed E-state index contributed by atoms with van der Waals surface area (Å²) in [6.07, 6.45) is 0. The van der Waals surface area contributed by atoms with Crippen molar-refractivity contribution in [2.75, 3.05) is 7.05 Å². The third kappa shape index (κ3) is 2.86. The molecular weight excluding hydrogens is 256 g/mol. The summed E-state index contributed by atoms with van der Waals surface area (Å²) in [6.45, 7) is 0.573. The molecule has 0 atom stereocenters. The van der Waals surface area contributed by atoms with Gasteiger partial charge in [0, 0.05) is 11.6 Å². The molecule has 2 aromatic carbocycles. The molecule has 0 amide bonds. The van der Waals surface area contributed by atoms with Crippen molar-refractivity contribution in [3.8, 4) is 11.1 Å². The molecule has 0 aromatic heterocycles. The van der Waals surface area contributed by atoms with Gasteiger partial charge in [0.15, 0.2) is 0 Å². The Balaban J connectivity index is 2.57. The summed E-state index contributed by atoms with van der Waals surface area (Å²) in [5.74, 6) is -0.789. The Morgan fingerprint density at radius 3 is 2.50 bits per heavy atom. The van der Waals surface area contributed by atoms with Crippen LogP contribution in [0, 0.1) is 11.6 Å². The van der Waals surface area contributed by atoms with Gasteiger partial charge in [-0.2, -0.15) is 0 Å². The van der Waals surface area contributed by atoms with Crippen LogP contribution in [-0.2, 0) is 6.54 Å². The van der Waals surface area contributed by atoms with Crippen LogP contribution in [0.3, 0.4) is 0 Å². The van der Waals surface area contributed by atoms with Gasteiger partial charge in [0.1, 0.15) is 11.6 Å². The van der Waals surface area contributed by atoms with Crippen molar-refractivity contribution in [1.29, 1.82) is 0 Å². The molecule has 0 bridgehead atoms. The summed E-state index contributed by atoms with van der Waals surface area (Å²) >= 11 is 5.82. The Bertz CT molecular complexity index is 549. The first kappa shape index (κ1) is 13.0. The lowest BCUT2D eigenvalue weighted by Gasteiger charge is -2.10. The summed E-state index contributed by atoms with van der Waals surface area (Å²) in [7, 11) is 1.80. The second-order valence-electron chi connectivity index (χ2n) is 3.99. The van der Waals surface area contributed by atoms with Crippen LogP contribution in [0.5, 0.6) is 0 Å². The van der Waals surface area contributed by atoms with E-state index in [0.29, 0.717) is 22.7 Å². The zero-order valence-electron chi connectivity index (χ0n) is 9.81. The SMILES string of the molecule is CNCc1ccc(F)cc1-c1cc(F)cc(Cl)c1. The van der Waals surface area contributed by atoms with Gasteiger partial charge in [-0.05, 0) is 54.1 Å². The van der Waals surface area contributed by atoms with Crippen LogP contribution < -0.4 is 5.32 Å². The molecule has 0 aliphatic heterocycles. The molecule has 2 aromatic rings. The van der Waals surface area contributed by atoms with E-state index in [2.05, 4.69) is 5.32 Å². The second kappa shape index (κ2) is 5.46. The zero-order chi connectivity index (χ0) is 13.1.